The van der Waals surface area contributed by atoms with E-state index < -0.39 is 9.84 Å². The van der Waals surface area contributed by atoms with E-state index in [2.05, 4.69) is 10.4 Å². The number of nitrogens with two attached hydrogens (primary N) is 1. The molecule has 0 atom stereocenters. The van der Waals surface area contributed by atoms with Gasteiger partial charge in [-0.1, -0.05) is 0 Å². The summed E-state index contributed by atoms with van der Waals surface area (Å²) in [4.78, 5) is 17.7. The minimum Gasteiger partial charge on any atom is -0.336 e. The summed E-state index contributed by atoms with van der Waals surface area (Å²) in [6, 6.07) is 3.19. The topological polar surface area (TPSA) is 105 Å². The van der Waals surface area contributed by atoms with Crippen molar-refractivity contribution < 1.29 is 13.2 Å². The number of carbonyl (C=O) groups is 1. The molecule has 7 nitrogen and oxygen atoms in total. The highest BCUT2D eigenvalue weighted by Crippen LogP contribution is 2.12. The molecule has 0 aromatic carbocycles. The average molecular weight is 284 g/mol. The molecule has 3 N–H and O–H groups in total. The normalized spacial score (nSPS) is 18.7. The van der Waals surface area contributed by atoms with E-state index >= 15 is 0 Å². The van der Waals surface area contributed by atoms with Crippen LogP contribution in [0.1, 0.15) is 16.9 Å². The van der Waals surface area contributed by atoms with Gasteiger partial charge < -0.3 is 10.3 Å². The maximum Gasteiger partial charge on any atom is 0.272 e. The van der Waals surface area contributed by atoms with Gasteiger partial charge in [0.2, 0.25) is 0 Å². The van der Waals surface area contributed by atoms with E-state index in [9.17, 15) is 13.2 Å². The highest BCUT2D eigenvalue weighted by molar-refractivity contribution is 7.91. The number of sulfone groups is 1. The van der Waals surface area contributed by atoms with Gasteiger partial charge in [-0.3, -0.25) is 15.6 Å². The first-order valence-electron chi connectivity index (χ1n) is 5.94. The van der Waals surface area contributed by atoms with Crippen LogP contribution in [-0.2, 0) is 9.84 Å². The quantitative estimate of drug-likeness (QED) is 0.567. The molecule has 0 radical (unpaired) electrons. The van der Waals surface area contributed by atoms with E-state index in [0.717, 1.165) is 0 Å². The second-order valence-corrected chi connectivity index (χ2v) is 6.68. The third-order valence-electron chi connectivity index (χ3n) is 2.99. The molecule has 0 saturated carbocycles. The maximum absolute atomic E-state index is 12.2. The van der Waals surface area contributed by atoms with Crippen LogP contribution < -0.4 is 11.3 Å². The first-order chi connectivity index (χ1) is 9.02. The van der Waals surface area contributed by atoms with Gasteiger partial charge in [0.15, 0.2) is 9.84 Å². The molecular weight excluding hydrogens is 268 g/mol. The number of hydrazine groups is 1. The highest BCUT2D eigenvalue weighted by atomic mass is 32.2. The summed E-state index contributed by atoms with van der Waals surface area (Å²) in [7, 11) is -3.03. The zero-order chi connectivity index (χ0) is 13.9. The second kappa shape index (κ2) is 5.54. The van der Waals surface area contributed by atoms with Gasteiger partial charge in [-0.25, -0.2) is 8.42 Å². The number of hydrogen-bond acceptors (Lipinski definition) is 6. The predicted octanol–water partition coefficient (Wildman–Crippen LogP) is -0.372. The molecule has 0 spiro atoms. The number of nitrogens with zero attached hydrogens (tertiary/aromatic N) is 2. The van der Waals surface area contributed by atoms with E-state index in [0.29, 0.717) is 18.7 Å². The number of carbonyl (C=O) groups excluding carboxylic acids is 1. The molecule has 0 bridgehead atoms. The Morgan fingerprint density at radius 2 is 2.16 bits per heavy atom. The average Bonchev–Trinajstić information content (AvgIpc) is 2.59. The van der Waals surface area contributed by atoms with Crippen LogP contribution in [0.5, 0.6) is 0 Å². The van der Waals surface area contributed by atoms with Crippen molar-refractivity contribution in [1.82, 2.24) is 9.88 Å². The minimum absolute atomic E-state index is 0.00751. The SMILES string of the molecule is NNc1ccnc(C(=O)N2CCCS(=O)(=O)CC2)c1. The lowest BCUT2D eigenvalue weighted by Crippen LogP contribution is -2.34. The van der Waals surface area contributed by atoms with Gasteiger partial charge >= 0.3 is 0 Å². The van der Waals surface area contributed by atoms with Crippen LogP contribution in [0.2, 0.25) is 0 Å². The Morgan fingerprint density at radius 1 is 1.37 bits per heavy atom. The Kier molecular flexibility index (Phi) is 4.01. The second-order valence-electron chi connectivity index (χ2n) is 4.37. The maximum atomic E-state index is 12.2. The first kappa shape index (κ1) is 13.8. The van der Waals surface area contributed by atoms with Gasteiger partial charge in [0.05, 0.1) is 17.2 Å². The lowest BCUT2D eigenvalue weighted by molar-refractivity contribution is 0.0762. The van der Waals surface area contributed by atoms with E-state index in [-0.39, 0.29) is 29.7 Å². The van der Waals surface area contributed by atoms with Crippen LogP contribution in [0.15, 0.2) is 18.3 Å². The van der Waals surface area contributed by atoms with Crippen molar-refractivity contribution in [3.05, 3.63) is 24.0 Å². The van der Waals surface area contributed by atoms with Crippen molar-refractivity contribution in [2.75, 3.05) is 30.0 Å². The summed E-state index contributed by atoms with van der Waals surface area (Å²) in [5.74, 6) is 5.15. The fourth-order valence-electron chi connectivity index (χ4n) is 1.94. The lowest BCUT2D eigenvalue weighted by Gasteiger charge is -2.19. The third-order valence-corrected chi connectivity index (χ3v) is 4.70. The van der Waals surface area contributed by atoms with Crippen molar-refractivity contribution in [3.63, 3.8) is 0 Å². The molecule has 2 rings (SSSR count). The fraction of sp³-hybridized carbons (Fsp3) is 0.455. The predicted molar refractivity (Wildman–Crippen MR) is 71.2 cm³/mol. The number of hydrogen-bond donors (Lipinski definition) is 2. The number of aromatic nitrogens is 1. The largest absolute Gasteiger partial charge is 0.336 e. The summed E-state index contributed by atoms with van der Waals surface area (Å²) in [6.07, 6.45) is 1.94. The van der Waals surface area contributed by atoms with Crippen LogP contribution >= 0.6 is 0 Å². The molecule has 1 fully saturated rings. The number of rotatable bonds is 2. The smallest absolute Gasteiger partial charge is 0.272 e. The molecular formula is C11H16N4O3S. The zero-order valence-corrected chi connectivity index (χ0v) is 11.2. The van der Waals surface area contributed by atoms with Crippen molar-refractivity contribution in [2.24, 2.45) is 5.84 Å². The van der Waals surface area contributed by atoms with Gasteiger partial charge in [-0.05, 0) is 18.6 Å². The van der Waals surface area contributed by atoms with Crippen LogP contribution in [-0.4, -0.2) is 48.8 Å². The van der Waals surface area contributed by atoms with Crippen LogP contribution in [0.4, 0.5) is 5.69 Å². The van der Waals surface area contributed by atoms with Crippen molar-refractivity contribution >= 4 is 21.4 Å². The van der Waals surface area contributed by atoms with Crippen LogP contribution in [0.3, 0.4) is 0 Å². The zero-order valence-electron chi connectivity index (χ0n) is 10.4. The van der Waals surface area contributed by atoms with Crippen molar-refractivity contribution in [2.45, 2.75) is 6.42 Å². The molecule has 19 heavy (non-hydrogen) atoms. The number of anilines is 1. The third kappa shape index (κ3) is 3.42. The summed E-state index contributed by atoms with van der Waals surface area (Å²) in [5, 5.41) is 0. The summed E-state index contributed by atoms with van der Waals surface area (Å²) < 4.78 is 23.0. The van der Waals surface area contributed by atoms with Crippen LogP contribution in [0.25, 0.3) is 0 Å². The molecule has 1 aromatic rings. The molecule has 1 aromatic heterocycles. The number of pyridine rings is 1. The van der Waals surface area contributed by atoms with Gasteiger partial charge in [0.25, 0.3) is 5.91 Å². The molecule has 1 amide bonds. The summed E-state index contributed by atoms with van der Waals surface area (Å²) in [5.41, 5.74) is 3.29. The van der Waals surface area contributed by atoms with Crippen molar-refractivity contribution in [3.8, 4) is 0 Å². The molecule has 1 aliphatic heterocycles. The molecule has 0 unspecified atom stereocenters. The minimum atomic E-state index is -3.03. The summed E-state index contributed by atoms with van der Waals surface area (Å²) in [6.45, 7) is 0.642. The van der Waals surface area contributed by atoms with E-state index in [1.807, 2.05) is 0 Å². The Bertz CT molecular complexity index is 573. The fourth-order valence-corrected chi connectivity index (χ4v) is 3.21. The van der Waals surface area contributed by atoms with Gasteiger partial charge in [-0.2, -0.15) is 0 Å². The summed E-state index contributed by atoms with van der Waals surface area (Å²) >= 11 is 0. The Labute approximate surface area is 111 Å². The number of nitrogen functional groups attached to an aromatic ring is 1. The van der Waals surface area contributed by atoms with E-state index in [1.165, 1.54) is 11.1 Å². The van der Waals surface area contributed by atoms with Gasteiger partial charge in [0.1, 0.15) is 5.69 Å². The van der Waals surface area contributed by atoms with Gasteiger partial charge in [0, 0.05) is 19.3 Å². The van der Waals surface area contributed by atoms with Crippen molar-refractivity contribution in [1.29, 1.82) is 0 Å². The Balaban J connectivity index is 2.14. The molecule has 1 saturated heterocycles. The molecule has 104 valence electrons. The standard InChI is InChI=1S/C11H16N4O3S/c12-14-9-2-3-13-10(8-9)11(16)15-4-1-6-19(17,18)7-5-15/h2-3,8H,1,4-7,12H2,(H,13,14). The molecule has 0 aliphatic carbocycles. The lowest BCUT2D eigenvalue weighted by atomic mass is 10.2. The first-order valence-corrected chi connectivity index (χ1v) is 7.76. The monoisotopic (exact) mass is 284 g/mol. The van der Waals surface area contributed by atoms with Gasteiger partial charge in [-0.15, -0.1) is 0 Å². The highest BCUT2D eigenvalue weighted by Gasteiger charge is 2.24. The molecule has 2 heterocycles. The molecule has 1 aliphatic rings. The van der Waals surface area contributed by atoms with E-state index in [1.54, 1.807) is 12.1 Å². The van der Waals surface area contributed by atoms with E-state index in [4.69, 9.17) is 5.84 Å². The Morgan fingerprint density at radius 3 is 2.89 bits per heavy atom. The number of amides is 1. The number of nitrogens with one attached hydrogen (secondary N) is 1. The Hall–Kier alpha value is -1.67. The van der Waals surface area contributed by atoms with Crippen LogP contribution in [0, 0.1) is 0 Å². The molecule has 8 heteroatoms.